The van der Waals surface area contributed by atoms with Gasteiger partial charge in [0.1, 0.15) is 0 Å². The average Bonchev–Trinajstić information content (AvgIpc) is 2.70. The lowest BCUT2D eigenvalue weighted by atomic mass is 10.1. The molecule has 1 aliphatic carbocycles. The zero-order valence-electron chi connectivity index (χ0n) is 11.5. The van der Waals surface area contributed by atoms with Gasteiger partial charge in [-0.2, -0.15) is 0 Å². The first-order valence-corrected chi connectivity index (χ1v) is 6.72. The van der Waals surface area contributed by atoms with Crippen molar-refractivity contribution in [2.24, 2.45) is 11.8 Å². The van der Waals surface area contributed by atoms with Crippen molar-refractivity contribution in [3.05, 3.63) is 0 Å². The molecule has 1 fully saturated rings. The van der Waals surface area contributed by atoms with Gasteiger partial charge in [0.25, 0.3) is 0 Å². The minimum atomic E-state index is -0.865. The lowest BCUT2D eigenvalue weighted by Gasteiger charge is -2.25. The molecule has 1 rings (SSSR count). The molecule has 0 aliphatic heterocycles. The summed E-state index contributed by atoms with van der Waals surface area (Å²) in [5.41, 5.74) is 0. The molecule has 3 atom stereocenters. The first-order valence-electron chi connectivity index (χ1n) is 6.72. The number of carbonyl (C=O) groups excluding carboxylic acids is 1. The van der Waals surface area contributed by atoms with Gasteiger partial charge >= 0.3 is 12.0 Å². The van der Waals surface area contributed by atoms with E-state index in [1.165, 1.54) is 0 Å². The Morgan fingerprint density at radius 3 is 2.56 bits per heavy atom. The summed E-state index contributed by atoms with van der Waals surface area (Å²) in [6.07, 6.45) is 3.21. The van der Waals surface area contributed by atoms with Gasteiger partial charge in [-0.25, -0.2) is 4.79 Å². The average molecular weight is 256 g/mol. The van der Waals surface area contributed by atoms with Crippen molar-refractivity contribution < 1.29 is 14.7 Å². The zero-order chi connectivity index (χ0) is 13.7. The predicted molar refractivity (Wildman–Crippen MR) is 69.4 cm³/mol. The number of carboxylic acids is 1. The second-order valence-electron chi connectivity index (χ2n) is 5.34. The molecule has 2 amide bonds. The van der Waals surface area contributed by atoms with Crippen LogP contribution in [-0.4, -0.2) is 41.1 Å². The van der Waals surface area contributed by atoms with Crippen LogP contribution in [0.2, 0.25) is 0 Å². The van der Waals surface area contributed by atoms with Crippen LogP contribution in [0.25, 0.3) is 0 Å². The van der Waals surface area contributed by atoms with Crippen LogP contribution >= 0.6 is 0 Å². The molecular formula is C13H24N2O3. The third-order valence-electron chi connectivity index (χ3n) is 3.61. The van der Waals surface area contributed by atoms with E-state index in [2.05, 4.69) is 12.2 Å². The van der Waals surface area contributed by atoms with Gasteiger partial charge in [0.15, 0.2) is 0 Å². The number of hydrogen-bond donors (Lipinski definition) is 2. The largest absolute Gasteiger partial charge is 0.481 e. The van der Waals surface area contributed by atoms with Gasteiger partial charge in [-0.1, -0.05) is 13.8 Å². The van der Waals surface area contributed by atoms with Crippen molar-refractivity contribution in [3.8, 4) is 0 Å². The van der Waals surface area contributed by atoms with E-state index >= 15 is 0 Å². The van der Waals surface area contributed by atoms with Crippen LogP contribution in [0.4, 0.5) is 4.79 Å². The smallest absolute Gasteiger partial charge is 0.317 e. The molecule has 1 saturated carbocycles. The minimum Gasteiger partial charge on any atom is -0.481 e. The molecule has 3 unspecified atom stereocenters. The van der Waals surface area contributed by atoms with Crippen LogP contribution in [0.15, 0.2) is 0 Å². The van der Waals surface area contributed by atoms with Crippen molar-refractivity contribution in [2.45, 2.75) is 46.1 Å². The Hall–Kier alpha value is -1.26. The number of nitrogens with zero attached hydrogens (tertiary/aromatic N) is 1. The SMILES string of the molecule is CCN(CC(C)C(=O)O)C(=O)NC1CCC(C)C1. The first-order chi connectivity index (χ1) is 8.43. The summed E-state index contributed by atoms with van der Waals surface area (Å²) in [5.74, 6) is -0.725. The van der Waals surface area contributed by atoms with Gasteiger partial charge in [0.2, 0.25) is 0 Å². The normalized spacial score (nSPS) is 24.6. The molecule has 0 spiro atoms. The van der Waals surface area contributed by atoms with Crippen LogP contribution in [0, 0.1) is 11.8 Å². The molecule has 0 saturated heterocycles. The number of nitrogens with one attached hydrogen (secondary N) is 1. The van der Waals surface area contributed by atoms with Gasteiger partial charge < -0.3 is 15.3 Å². The highest BCUT2D eigenvalue weighted by atomic mass is 16.4. The summed E-state index contributed by atoms with van der Waals surface area (Å²) in [5, 5.41) is 11.9. The monoisotopic (exact) mass is 256 g/mol. The van der Waals surface area contributed by atoms with Crippen LogP contribution in [0.5, 0.6) is 0 Å². The van der Waals surface area contributed by atoms with E-state index < -0.39 is 11.9 Å². The number of carboxylic acid groups (broad SMARTS) is 1. The van der Waals surface area contributed by atoms with Crippen molar-refractivity contribution in [3.63, 3.8) is 0 Å². The maximum atomic E-state index is 12.0. The summed E-state index contributed by atoms with van der Waals surface area (Å²) >= 11 is 0. The molecule has 5 nitrogen and oxygen atoms in total. The molecule has 0 aromatic carbocycles. The maximum Gasteiger partial charge on any atom is 0.317 e. The third-order valence-corrected chi connectivity index (χ3v) is 3.61. The quantitative estimate of drug-likeness (QED) is 0.789. The topological polar surface area (TPSA) is 69.6 Å². The molecule has 18 heavy (non-hydrogen) atoms. The summed E-state index contributed by atoms with van der Waals surface area (Å²) in [6, 6.07) is 0.117. The van der Waals surface area contributed by atoms with Crippen LogP contribution in [0.3, 0.4) is 0 Å². The Balaban J connectivity index is 2.44. The van der Waals surface area contributed by atoms with E-state index in [0.29, 0.717) is 12.5 Å². The summed E-state index contributed by atoms with van der Waals surface area (Å²) < 4.78 is 0. The van der Waals surface area contributed by atoms with Crippen LogP contribution in [-0.2, 0) is 4.79 Å². The van der Waals surface area contributed by atoms with Crippen molar-refractivity contribution >= 4 is 12.0 Å². The van der Waals surface area contributed by atoms with Crippen molar-refractivity contribution in [1.29, 1.82) is 0 Å². The van der Waals surface area contributed by atoms with Gasteiger partial charge in [-0.15, -0.1) is 0 Å². The fraction of sp³-hybridized carbons (Fsp3) is 0.846. The Labute approximate surface area is 109 Å². The van der Waals surface area contributed by atoms with E-state index in [1.807, 2.05) is 6.92 Å². The number of hydrogen-bond acceptors (Lipinski definition) is 2. The minimum absolute atomic E-state index is 0.135. The molecule has 5 heteroatoms. The van der Waals surface area contributed by atoms with Gasteiger partial charge in [-0.05, 0) is 32.1 Å². The molecule has 104 valence electrons. The summed E-state index contributed by atoms with van der Waals surface area (Å²) in [7, 11) is 0. The fourth-order valence-corrected chi connectivity index (χ4v) is 2.37. The van der Waals surface area contributed by atoms with Crippen molar-refractivity contribution in [2.75, 3.05) is 13.1 Å². The fourth-order valence-electron chi connectivity index (χ4n) is 2.37. The molecule has 0 aromatic rings. The number of rotatable bonds is 5. The maximum absolute atomic E-state index is 12.0. The Morgan fingerprint density at radius 1 is 1.44 bits per heavy atom. The molecular weight excluding hydrogens is 232 g/mol. The zero-order valence-corrected chi connectivity index (χ0v) is 11.5. The Morgan fingerprint density at radius 2 is 2.11 bits per heavy atom. The predicted octanol–water partition coefficient (Wildman–Crippen LogP) is 1.93. The van der Waals surface area contributed by atoms with Crippen LogP contribution < -0.4 is 5.32 Å². The number of aliphatic carboxylic acids is 1. The van der Waals surface area contributed by atoms with E-state index in [1.54, 1.807) is 11.8 Å². The molecule has 0 heterocycles. The van der Waals surface area contributed by atoms with E-state index in [4.69, 9.17) is 5.11 Å². The molecule has 0 bridgehead atoms. The molecule has 2 N–H and O–H groups in total. The van der Waals surface area contributed by atoms with E-state index in [0.717, 1.165) is 19.3 Å². The van der Waals surface area contributed by atoms with Gasteiger partial charge in [-0.3, -0.25) is 4.79 Å². The van der Waals surface area contributed by atoms with Gasteiger partial charge in [0.05, 0.1) is 5.92 Å². The molecule has 0 radical (unpaired) electrons. The van der Waals surface area contributed by atoms with E-state index in [-0.39, 0.29) is 18.6 Å². The summed E-state index contributed by atoms with van der Waals surface area (Å²) in [6.45, 7) is 6.48. The standard InChI is InChI=1S/C13H24N2O3/c1-4-15(8-10(3)12(16)17)13(18)14-11-6-5-9(2)7-11/h9-11H,4-8H2,1-3H3,(H,14,18)(H,16,17). The number of urea groups is 1. The van der Waals surface area contributed by atoms with Crippen molar-refractivity contribution in [1.82, 2.24) is 10.2 Å². The highest BCUT2D eigenvalue weighted by molar-refractivity contribution is 5.76. The summed E-state index contributed by atoms with van der Waals surface area (Å²) in [4.78, 5) is 24.4. The molecule has 0 aromatic heterocycles. The second kappa shape index (κ2) is 6.61. The first kappa shape index (κ1) is 14.8. The highest BCUT2D eigenvalue weighted by Crippen LogP contribution is 2.24. The highest BCUT2D eigenvalue weighted by Gasteiger charge is 2.25. The lowest BCUT2D eigenvalue weighted by Crippen LogP contribution is -2.46. The third kappa shape index (κ3) is 4.20. The van der Waals surface area contributed by atoms with E-state index in [9.17, 15) is 9.59 Å². The second-order valence-corrected chi connectivity index (χ2v) is 5.34. The number of carbonyl (C=O) groups is 2. The molecule has 1 aliphatic rings. The number of amides is 2. The van der Waals surface area contributed by atoms with Gasteiger partial charge in [0, 0.05) is 19.1 Å². The lowest BCUT2D eigenvalue weighted by molar-refractivity contribution is -0.141. The van der Waals surface area contributed by atoms with Crippen LogP contribution in [0.1, 0.15) is 40.0 Å². The Bertz CT molecular complexity index is 307. The Kier molecular flexibility index (Phi) is 5.44.